The number of nitrogens with one attached hydrogen (secondary N) is 1. The molecule has 0 aliphatic heterocycles. The molecule has 2 atom stereocenters. The van der Waals surface area contributed by atoms with Crippen molar-refractivity contribution in [2.24, 2.45) is 5.92 Å². The van der Waals surface area contributed by atoms with Crippen molar-refractivity contribution in [3.63, 3.8) is 0 Å². The summed E-state index contributed by atoms with van der Waals surface area (Å²) < 4.78 is 5.51. The first-order valence-electron chi connectivity index (χ1n) is 14.1. The van der Waals surface area contributed by atoms with Crippen LogP contribution in [0.4, 0.5) is 4.79 Å². The van der Waals surface area contributed by atoms with Gasteiger partial charge >= 0.3 is 6.09 Å². The van der Waals surface area contributed by atoms with E-state index in [-0.39, 0.29) is 12.1 Å². The van der Waals surface area contributed by atoms with E-state index in [2.05, 4.69) is 46.6 Å². The van der Waals surface area contributed by atoms with E-state index in [1.807, 2.05) is 27.0 Å². The molecule has 1 aromatic carbocycles. The Morgan fingerprint density at radius 3 is 2.50 bits per heavy atom. The molecule has 0 radical (unpaired) electrons. The maximum Gasteiger partial charge on any atom is 0.407 e. The molecule has 3 aliphatic carbocycles. The molecule has 5 heteroatoms. The van der Waals surface area contributed by atoms with E-state index in [9.17, 15) is 4.79 Å². The first kappa shape index (κ1) is 25.3. The zero-order chi connectivity index (χ0) is 25.1. The van der Waals surface area contributed by atoms with Gasteiger partial charge in [-0.15, -0.1) is 0 Å². The van der Waals surface area contributed by atoms with Crippen LogP contribution in [0.15, 0.2) is 42.6 Å². The van der Waals surface area contributed by atoms with Crippen molar-refractivity contribution in [2.75, 3.05) is 6.54 Å². The quantitative estimate of drug-likeness (QED) is 0.528. The lowest BCUT2D eigenvalue weighted by molar-refractivity contribution is 0.0426. The van der Waals surface area contributed by atoms with Crippen LogP contribution in [0.1, 0.15) is 94.1 Å². The molecule has 194 valence electrons. The average molecular weight is 490 g/mol. The molecule has 1 aromatic heterocycles. The standard InChI is InChI=1S/C31H43N3O2/c1-31(2,3)36-30(35)33-26-15-17-27(18-16-26)34(28-12-6-10-24-11-7-19-32-29(24)28)21-22-13-14-23-8-4-5-9-25(23)20-22/h4-5,7-9,11,19,22,26-28H,6,10,12-18,20-21H2,1-3H3,(H,33,35)/t22-,26?,27?,28+/m1/s1. The van der Waals surface area contributed by atoms with E-state index < -0.39 is 5.60 Å². The second-order valence-corrected chi connectivity index (χ2v) is 12.2. The van der Waals surface area contributed by atoms with Crippen LogP contribution in [-0.2, 0) is 24.0 Å². The predicted octanol–water partition coefficient (Wildman–Crippen LogP) is 6.40. The van der Waals surface area contributed by atoms with Crippen molar-refractivity contribution < 1.29 is 9.53 Å². The Balaban J connectivity index is 1.30. The number of hydrogen-bond donors (Lipinski definition) is 1. The highest BCUT2D eigenvalue weighted by molar-refractivity contribution is 5.68. The second-order valence-electron chi connectivity index (χ2n) is 12.2. The van der Waals surface area contributed by atoms with Crippen LogP contribution in [0.25, 0.3) is 0 Å². The van der Waals surface area contributed by atoms with E-state index in [1.54, 1.807) is 11.1 Å². The largest absolute Gasteiger partial charge is 0.444 e. The molecule has 36 heavy (non-hydrogen) atoms. The molecule has 1 heterocycles. The van der Waals surface area contributed by atoms with Gasteiger partial charge in [0.15, 0.2) is 0 Å². The number of carbonyl (C=O) groups is 1. The van der Waals surface area contributed by atoms with Crippen LogP contribution in [0.5, 0.6) is 0 Å². The van der Waals surface area contributed by atoms with E-state index in [0.717, 1.165) is 38.6 Å². The molecule has 0 bridgehead atoms. The van der Waals surface area contributed by atoms with Crippen LogP contribution in [0.3, 0.4) is 0 Å². The minimum Gasteiger partial charge on any atom is -0.444 e. The molecule has 0 saturated heterocycles. The molecule has 1 amide bonds. The fourth-order valence-corrected chi connectivity index (χ4v) is 6.69. The van der Waals surface area contributed by atoms with Gasteiger partial charge in [0.2, 0.25) is 0 Å². The van der Waals surface area contributed by atoms with Gasteiger partial charge in [0.1, 0.15) is 5.60 Å². The number of hydrogen-bond acceptors (Lipinski definition) is 4. The Morgan fingerprint density at radius 1 is 0.972 bits per heavy atom. The normalized spacial score (nSPS) is 26.1. The van der Waals surface area contributed by atoms with Crippen LogP contribution < -0.4 is 5.32 Å². The molecule has 1 fully saturated rings. The molecule has 1 N–H and O–H groups in total. The van der Waals surface area contributed by atoms with Gasteiger partial charge in [0.05, 0.1) is 11.7 Å². The Hall–Kier alpha value is -2.40. The van der Waals surface area contributed by atoms with Crippen molar-refractivity contribution in [1.82, 2.24) is 15.2 Å². The summed E-state index contributed by atoms with van der Waals surface area (Å²) in [7, 11) is 0. The summed E-state index contributed by atoms with van der Waals surface area (Å²) in [5, 5.41) is 3.13. The molecular weight excluding hydrogens is 446 g/mol. The number of benzene rings is 1. The van der Waals surface area contributed by atoms with Crippen molar-refractivity contribution in [3.8, 4) is 0 Å². The number of aromatic nitrogens is 1. The van der Waals surface area contributed by atoms with Crippen molar-refractivity contribution in [1.29, 1.82) is 0 Å². The lowest BCUT2D eigenvalue weighted by Gasteiger charge is -2.45. The van der Waals surface area contributed by atoms with Gasteiger partial charge < -0.3 is 10.1 Å². The number of amides is 1. The third-order valence-electron chi connectivity index (χ3n) is 8.37. The van der Waals surface area contributed by atoms with E-state index >= 15 is 0 Å². The zero-order valence-electron chi connectivity index (χ0n) is 22.3. The lowest BCUT2D eigenvalue weighted by atomic mass is 9.81. The molecule has 0 unspecified atom stereocenters. The number of carbonyl (C=O) groups excluding carboxylic acids is 1. The molecule has 5 rings (SSSR count). The van der Waals surface area contributed by atoms with Crippen LogP contribution in [0, 0.1) is 5.92 Å². The molecule has 0 spiro atoms. The number of nitrogens with zero attached hydrogens (tertiary/aromatic N) is 2. The number of ether oxygens (including phenoxy) is 1. The molecule has 2 aromatic rings. The number of fused-ring (bicyclic) bond motifs is 2. The smallest absolute Gasteiger partial charge is 0.407 e. The van der Waals surface area contributed by atoms with Crippen LogP contribution in [0.2, 0.25) is 0 Å². The number of aryl methyl sites for hydroxylation is 2. The zero-order valence-corrected chi connectivity index (χ0v) is 22.3. The average Bonchev–Trinajstić information content (AvgIpc) is 2.86. The van der Waals surface area contributed by atoms with Crippen LogP contribution >= 0.6 is 0 Å². The van der Waals surface area contributed by atoms with Crippen molar-refractivity contribution in [2.45, 2.75) is 109 Å². The fourth-order valence-electron chi connectivity index (χ4n) is 6.69. The fraction of sp³-hybridized carbons (Fsp3) is 0.613. The highest BCUT2D eigenvalue weighted by Crippen LogP contribution is 2.39. The van der Waals surface area contributed by atoms with Crippen molar-refractivity contribution >= 4 is 6.09 Å². The van der Waals surface area contributed by atoms with Crippen LogP contribution in [-0.4, -0.2) is 40.2 Å². The Bertz CT molecular complexity index is 1040. The third kappa shape index (κ3) is 6.11. The van der Waals surface area contributed by atoms with Gasteiger partial charge in [-0.1, -0.05) is 30.3 Å². The lowest BCUT2D eigenvalue weighted by Crippen LogP contribution is -2.48. The maximum absolute atomic E-state index is 12.3. The summed E-state index contributed by atoms with van der Waals surface area (Å²) in [4.78, 5) is 20.1. The number of alkyl carbamates (subject to hydrolysis) is 1. The maximum atomic E-state index is 12.3. The van der Waals surface area contributed by atoms with Gasteiger partial charge in [0.25, 0.3) is 0 Å². The van der Waals surface area contributed by atoms with Gasteiger partial charge in [0, 0.05) is 24.8 Å². The summed E-state index contributed by atoms with van der Waals surface area (Å²) in [5.41, 5.74) is 5.37. The first-order valence-corrected chi connectivity index (χ1v) is 14.1. The molecular formula is C31H43N3O2. The Labute approximate surface area is 217 Å². The summed E-state index contributed by atoms with van der Waals surface area (Å²) in [5.74, 6) is 0.687. The molecule has 3 aliphatic rings. The monoisotopic (exact) mass is 489 g/mol. The summed E-state index contributed by atoms with van der Waals surface area (Å²) in [6.45, 7) is 6.90. The number of rotatable bonds is 5. The molecule has 5 nitrogen and oxygen atoms in total. The van der Waals surface area contributed by atoms with Gasteiger partial charge in [-0.2, -0.15) is 0 Å². The van der Waals surface area contributed by atoms with Crippen molar-refractivity contribution in [3.05, 3.63) is 65.0 Å². The Morgan fingerprint density at radius 2 is 1.72 bits per heavy atom. The third-order valence-corrected chi connectivity index (χ3v) is 8.37. The van der Waals surface area contributed by atoms with E-state index in [4.69, 9.17) is 9.72 Å². The predicted molar refractivity (Wildman–Crippen MR) is 144 cm³/mol. The minimum absolute atomic E-state index is 0.205. The van der Waals surface area contributed by atoms with E-state index in [0.29, 0.717) is 18.0 Å². The van der Waals surface area contributed by atoms with Gasteiger partial charge in [-0.25, -0.2) is 4.79 Å². The minimum atomic E-state index is -0.460. The first-order chi connectivity index (χ1) is 17.4. The van der Waals surface area contributed by atoms with Gasteiger partial charge in [-0.05, 0) is 114 Å². The molecule has 1 saturated carbocycles. The summed E-state index contributed by atoms with van der Waals surface area (Å²) in [6.07, 6.45) is 13.2. The number of pyridine rings is 1. The van der Waals surface area contributed by atoms with Gasteiger partial charge in [-0.3, -0.25) is 9.88 Å². The highest BCUT2D eigenvalue weighted by Gasteiger charge is 2.36. The Kier molecular flexibility index (Phi) is 7.66. The summed E-state index contributed by atoms with van der Waals surface area (Å²) in [6, 6.07) is 14.5. The topological polar surface area (TPSA) is 54.5 Å². The van der Waals surface area contributed by atoms with E-state index in [1.165, 1.54) is 43.4 Å². The second kappa shape index (κ2) is 10.9. The highest BCUT2D eigenvalue weighted by atomic mass is 16.6. The SMILES string of the molecule is CC(C)(C)OC(=O)NC1CCC(N(C[C@@H]2CCc3ccccc3C2)[C@H]2CCCc3cccnc32)CC1. The summed E-state index contributed by atoms with van der Waals surface area (Å²) >= 11 is 0.